The second-order valence-electron chi connectivity index (χ2n) is 14.6. The molecule has 0 N–H and O–H groups in total. The molecule has 4 aromatic heterocycles. The highest BCUT2D eigenvalue weighted by Gasteiger charge is 2.25. The summed E-state index contributed by atoms with van der Waals surface area (Å²) in [6.45, 7) is 0. The zero-order chi connectivity index (χ0) is 35.1. The molecule has 54 heavy (non-hydrogen) atoms. The highest BCUT2D eigenvalue weighted by molar-refractivity contribution is 6.36. The molecule has 0 spiro atoms. The summed E-state index contributed by atoms with van der Waals surface area (Å²) in [5.74, 6) is 1.59. The van der Waals surface area contributed by atoms with Crippen LogP contribution in [0.4, 0.5) is 0 Å². The van der Waals surface area contributed by atoms with Gasteiger partial charge in [-0.25, -0.2) is 9.97 Å². The number of para-hydroxylation sites is 3. The Balaban J connectivity index is 1.21. The van der Waals surface area contributed by atoms with E-state index >= 15 is 0 Å². The third-order valence-electron chi connectivity index (χ3n) is 11.8. The van der Waals surface area contributed by atoms with Crippen molar-refractivity contribution in [1.29, 1.82) is 0 Å². The quantitative estimate of drug-likeness (QED) is 0.170. The Morgan fingerprint density at radius 2 is 1.00 bits per heavy atom. The van der Waals surface area contributed by atoms with Crippen molar-refractivity contribution in [1.82, 2.24) is 18.9 Å². The maximum absolute atomic E-state index is 5.55. The zero-order valence-electron chi connectivity index (χ0n) is 29.0. The van der Waals surface area contributed by atoms with Crippen LogP contribution in [0.5, 0.6) is 0 Å². The molecule has 9 aromatic carbocycles. The molecule has 13 aromatic rings. The summed E-state index contributed by atoms with van der Waals surface area (Å²) in [6, 6.07) is 61.6. The van der Waals surface area contributed by atoms with Crippen LogP contribution in [0.3, 0.4) is 0 Å². The van der Waals surface area contributed by atoms with Crippen molar-refractivity contribution < 1.29 is 0 Å². The molecule has 13 rings (SSSR count). The zero-order valence-corrected chi connectivity index (χ0v) is 29.0. The third kappa shape index (κ3) is 3.61. The molecule has 248 valence electrons. The number of rotatable bonds is 2. The van der Waals surface area contributed by atoms with E-state index in [1.807, 2.05) is 0 Å². The van der Waals surface area contributed by atoms with E-state index in [2.05, 4.69) is 179 Å². The van der Waals surface area contributed by atoms with Crippen LogP contribution < -0.4 is 0 Å². The number of hydrogen-bond acceptors (Lipinski definition) is 2. The Bertz CT molecular complexity index is 3740. The average Bonchev–Trinajstić information content (AvgIpc) is 3.86. The Morgan fingerprint density at radius 3 is 1.85 bits per heavy atom. The van der Waals surface area contributed by atoms with E-state index in [0.29, 0.717) is 5.82 Å². The highest BCUT2D eigenvalue weighted by Crippen LogP contribution is 2.47. The highest BCUT2D eigenvalue weighted by atomic mass is 15.1. The second-order valence-corrected chi connectivity index (χ2v) is 14.6. The Morgan fingerprint density at radius 1 is 0.352 bits per heavy atom. The maximum atomic E-state index is 5.55. The molecule has 0 radical (unpaired) electrons. The molecule has 0 amide bonds. The molecule has 0 bridgehead atoms. The minimum Gasteiger partial charge on any atom is -0.308 e. The van der Waals surface area contributed by atoms with Gasteiger partial charge < -0.3 is 4.40 Å². The summed E-state index contributed by atoms with van der Waals surface area (Å²) >= 11 is 0. The fourth-order valence-electron chi connectivity index (χ4n) is 9.44. The first-order valence-electron chi connectivity index (χ1n) is 18.5. The van der Waals surface area contributed by atoms with Crippen molar-refractivity contribution in [2.75, 3.05) is 0 Å². The van der Waals surface area contributed by atoms with Gasteiger partial charge in [-0.2, -0.15) is 0 Å². The first-order chi connectivity index (χ1) is 26.8. The van der Waals surface area contributed by atoms with Gasteiger partial charge >= 0.3 is 0 Å². The molecule has 0 aliphatic carbocycles. The SMILES string of the molecule is c1ccc2cc3c(cc2c1)c1c2c4ccccc4n4c5ccccc5c(cc1n3-c1nc(-c3ccc5c(ccc6ccccc65)c3)nc3ccccc13)c24. The second kappa shape index (κ2) is 10.2. The maximum Gasteiger partial charge on any atom is 0.162 e. The van der Waals surface area contributed by atoms with Crippen molar-refractivity contribution in [3.05, 3.63) is 170 Å². The summed E-state index contributed by atoms with van der Waals surface area (Å²) in [5, 5.41) is 15.8. The Hall–Kier alpha value is -7.30. The van der Waals surface area contributed by atoms with Crippen LogP contribution in [0.2, 0.25) is 0 Å². The van der Waals surface area contributed by atoms with Crippen LogP contribution >= 0.6 is 0 Å². The summed E-state index contributed by atoms with van der Waals surface area (Å²) < 4.78 is 4.89. The lowest BCUT2D eigenvalue weighted by molar-refractivity contribution is 1.08. The van der Waals surface area contributed by atoms with Crippen LogP contribution in [0, 0.1) is 0 Å². The number of fused-ring (bicyclic) bond motifs is 15. The molecule has 0 saturated carbocycles. The van der Waals surface area contributed by atoms with E-state index in [1.54, 1.807) is 0 Å². The molecular formula is C50H28N4. The fraction of sp³-hybridized carbons (Fsp3) is 0. The van der Waals surface area contributed by atoms with Crippen molar-refractivity contribution in [2.24, 2.45) is 0 Å². The van der Waals surface area contributed by atoms with Gasteiger partial charge in [0.25, 0.3) is 0 Å². The molecular weight excluding hydrogens is 657 g/mol. The predicted molar refractivity (Wildman–Crippen MR) is 226 cm³/mol. The van der Waals surface area contributed by atoms with Gasteiger partial charge in [-0.1, -0.05) is 121 Å². The van der Waals surface area contributed by atoms with E-state index in [4.69, 9.17) is 9.97 Å². The van der Waals surface area contributed by atoms with Crippen molar-refractivity contribution in [3.63, 3.8) is 0 Å². The molecule has 0 saturated heterocycles. The number of aromatic nitrogens is 4. The standard InChI is InChI=1S/C50H28N4/c1-2-13-31-27-44-40(26-30(31)12-1)46-45(28-39-36-15-6-9-19-42(36)53-43-20-10-7-17-38(43)47(46)48(39)53)54(44)50-37-16-5-8-18-41(37)51-49(52-50)33-23-24-35-32(25-33)22-21-29-11-3-4-14-34(29)35/h1-28H. The smallest absolute Gasteiger partial charge is 0.162 e. The molecule has 0 aliphatic heterocycles. The van der Waals surface area contributed by atoms with Crippen LogP contribution in [0.1, 0.15) is 0 Å². The molecule has 0 atom stereocenters. The molecule has 0 unspecified atom stereocenters. The Labute approximate surface area is 308 Å². The third-order valence-corrected chi connectivity index (χ3v) is 11.8. The van der Waals surface area contributed by atoms with Gasteiger partial charge in [-0.15, -0.1) is 0 Å². The van der Waals surface area contributed by atoms with E-state index in [1.165, 1.54) is 81.2 Å². The summed E-state index contributed by atoms with van der Waals surface area (Å²) in [5.41, 5.74) is 7.91. The normalized spacial score (nSPS) is 12.4. The average molecular weight is 685 g/mol. The predicted octanol–water partition coefficient (Wildman–Crippen LogP) is 13.0. The van der Waals surface area contributed by atoms with Gasteiger partial charge in [-0.3, -0.25) is 4.57 Å². The van der Waals surface area contributed by atoms with Gasteiger partial charge in [0.1, 0.15) is 5.82 Å². The van der Waals surface area contributed by atoms with E-state index < -0.39 is 0 Å². The number of hydrogen-bond donors (Lipinski definition) is 0. The monoisotopic (exact) mass is 684 g/mol. The van der Waals surface area contributed by atoms with Crippen LogP contribution in [-0.2, 0) is 0 Å². The lowest BCUT2D eigenvalue weighted by Crippen LogP contribution is -2.02. The molecule has 4 nitrogen and oxygen atoms in total. The molecule has 0 fully saturated rings. The Kier molecular flexibility index (Phi) is 5.34. The van der Waals surface area contributed by atoms with E-state index in [9.17, 15) is 0 Å². The topological polar surface area (TPSA) is 35.1 Å². The number of benzene rings is 9. The van der Waals surface area contributed by atoms with E-state index in [0.717, 1.165) is 33.3 Å². The van der Waals surface area contributed by atoms with Crippen molar-refractivity contribution >= 4 is 103 Å². The van der Waals surface area contributed by atoms with Gasteiger partial charge in [0, 0.05) is 43.3 Å². The van der Waals surface area contributed by atoms with Gasteiger partial charge in [-0.05, 0) is 80.8 Å². The van der Waals surface area contributed by atoms with Crippen molar-refractivity contribution in [3.8, 4) is 17.2 Å². The lowest BCUT2D eigenvalue weighted by atomic mass is 10.00. The van der Waals surface area contributed by atoms with Gasteiger partial charge in [0.05, 0.1) is 33.1 Å². The van der Waals surface area contributed by atoms with Gasteiger partial charge in [0.15, 0.2) is 5.82 Å². The van der Waals surface area contributed by atoms with Crippen LogP contribution in [-0.4, -0.2) is 18.9 Å². The molecule has 4 heteroatoms. The lowest BCUT2D eigenvalue weighted by Gasteiger charge is -2.13. The summed E-state index contributed by atoms with van der Waals surface area (Å²) in [6.07, 6.45) is 0. The number of nitrogens with zero attached hydrogens (tertiary/aromatic N) is 4. The van der Waals surface area contributed by atoms with Gasteiger partial charge in [0.2, 0.25) is 0 Å². The first-order valence-corrected chi connectivity index (χ1v) is 18.5. The fourth-order valence-corrected chi connectivity index (χ4v) is 9.44. The first kappa shape index (κ1) is 28.3. The van der Waals surface area contributed by atoms with Crippen LogP contribution in [0.25, 0.3) is 120 Å². The summed E-state index contributed by atoms with van der Waals surface area (Å²) in [4.78, 5) is 10.8. The minimum absolute atomic E-state index is 0.710. The van der Waals surface area contributed by atoms with E-state index in [-0.39, 0.29) is 0 Å². The molecule has 0 aliphatic rings. The molecule has 4 heterocycles. The minimum atomic E-state index is 0.710. The summed E-state index contributed by atoms with van der Waals surface area (Å²) in [7, 11) is 0. The van der Waals surface area contributed by atoms with Crippen molar-refractivity contribution in [2.45, 2.75) is 0 Å². The largest absolute Gasteiger partial charge is 0.308 e. The van der Waals surface area contributed by atoms with Crippen LogP contribution in [0.15, 0.2) is 170 Å².